The number of hydrogen-bond acceptors (Lipinski definition) is 3. The molecule has 142 valence electrons. The van der Waals surface area contributed by atoms with Gasteiger partial charge in [-0.25, -0.2) is 0 Å². The van der Waals surface area contributed by atoms with Crippen LogP contribution in [0.2, 0.25) is 0 Å². The zero-order chi connectivity index (χ0) is 19.1. The molecule has 2 amide bonds. The predicted octanol–water partition coefficient (Wildman–Crippen LogP) is 2.78. The van der Waals surface area contributed by atoms with Crippen molar-refractivity contribution in [3.8, 4) is 5.75 Å². The Hall–Kier alpha value is -2.25. The number of carbonyl (C=O) groups excluding carboxylic acids is 2. The van der Waals surface area contributed by atoms with E-state index in [9.17, 15) is 22.8 Å². The Bertz CT molecular complexity index is 720. The SMILES string of the molecule is Cc1ccc2c(c1)C(NC(=O)C1CCC(C(F)(F)F)NC1=O)CC(C)O2. The maximum absolute atomic E-state index is 12.7. The fraction of sp³-hybridized carbons (Fsp3) is 0.556. The number of piperidine rings is 1. The smallest absolute Gasteiger partial charge is 0.408 e. The van der Waals surface area contributed by atoms with Gasteiger partial charge in [0.2, 0.25) is 11.8 Å². The summed E-state index contributed by atoms with van der Waals surface area (Å²) in [5.41, 5.74) is 1.82. The molecule has 0 bridgehead atoms. The van der Waals surface area contributed by atoms with Crippen LogP contribution < -0.4 is 15.4 Å². The third-order valence-corrected chi connectivity index (χ3v) is 4.84. The van der Waals surface area contributed by atoms with Crippen LogP contribution in [0.4, 0.5) is 13.2 Å². The number of alkyl halides is 3. The number of halogens is 3. The van der Waals surface area contributed by atoms with Crippen LogP contribution in [0, 0.1) is 12.8 Å². The van der Waals surface area contributed by atoms with Gasteiger partial charge in [0.1, 0.15) is 17.7 Å². The van der Waals surface area contributed by atoms with Gasteiger partial charge in [-0.1, -0.05) is 17.7 Å². The van der Waals surface area contributed by atoms with Gasteiger partial charge < -0.3 is 15.4 Å². The number of ether oxygens (including phenoxy) is 1. The first-order valence-corrected chi connectivity index (χ1v) is 8.60. The number of nitrogens with one attached hydrogen (secondary N) is 2. The van der Waals surface area contributed by atoms with E-state index >= 15 is 0 Å². The van der Waals surface area contributed by atoms with Gasteiger partial charge in [-0.2, -0.15) is 13.2 Å². The normalized spacial score (nSPS) is 28.6. The first-order chi connectivity index (χ1) is 12.1. The van der Waals surface area contributed by atoms with E-state index in [1.165, 1.54) is 0 Å². The Labute approximate surface area is 149 Å². The van der Waals surface area contributed by atoms with Crippen LogP contribution in [0.1, 0.15) is 43.4 Å². The molecule has 0 radical (unpaired) electrons. The standard InChI is InChI=1S/C18H21F3N2O3/c1-9-3-5-14-12(7-9)13(8-10(2)26-14)22-16(24)11-4-6-15(18(19,20)21)23-17(11)25/h3,5,7,10-11,13,15H,4,6,8H2,1-2H3,(H,22,24)(H,23,25). The van der Waals surface area contributed by atoms with Gasteiger partial charge in [0, 0.05) is 12.0 Å². The second-order valence-corrected chi connectivity index (χ2v) is 7.00. The minimum atomic E-state index is -4.50. The first kappa shape index (κ1) is 18.5. The molecule has 3 rings (SSSR count). The largest absolute Gasteiger partial charge is 0.490 e. The van der Waals surface area contributed by atoms with Crippen molar-refractivity contribution in [1.82, 2.24) is 10.6 Å². The van der Waals surface area contributed by atoms with Gasteiger partial charge in [-0.05, 0) is 32.8 Å². The summed E-state index contributed by atoms with van der Waals surface area (Å²) in [6.07, 6.45) is -4.51. The average molecular weight is 370 g/mol. The summed E-state index contributed by atoms with van der Waals surface area (Å²) >= 11 is 0. The molecule has 5 nitrogen and oxygen atoms in total. The Morgan fingerprint density at radius 1 is 1.31 bits per heavy atom. The number of rotatable bonds is 2. The van der Waals surface area contributed by atoms with Crippen molar-refractivity contribution in [2.24, 2.45) is 5.92 Å². The van der Waals surface area contributed by atoms with Gasteiger partial charge in [0.15, 0.2) is 0 Å². The Balaban J connectivity index is 1.71. The molecule has 26 heavy (non-hydrogen) atoms. The summed E-state index contributed by atoms with van der Waals surface area (Å²) in [6, 6.07) is 3.43. The van der Waals surface area contributed by atoms with Crippen molar-refractivity contribution in [1.29, 1.82) is 0 Å². The van der Waals surface area contributed by atoms with Crippen molar-refractivity contribution in [3.63, 3.8) is 0 Å². The quantitative estimate of drug-likeness (QED) is 0.787. The molecule has 4 unspecified atom stereocenters. The van der Waals surface area contributed by atoms with Gasteiger partial charge >= 0.3 is 6.18 Å². The second kappa shape index (κ2) is 6.81. The lowest BCUT2D eigenvalue weighted by Gasteiger charge is -2.34. The molecule has 1 fully saturated rings. The predicted molar refractivity (Wildman–Crippen MR) is 87.5 cm³/mol. The van der Waals surface area contributed by atoms with Crippen molar-refractivity contribution in [2.75, 3.05) is 0 Å². The summed E-state index contributed by atoms with van der Waals surface area (Å²) in [7, 11) is 0. The third kappa shape index (κ3) is 3.78. The van der Waals surface area contributed by atoms with E-state index in [2.05, 4.69) is 5.32 Å². The molecule has 8 heteroatoms. The van der Waals surface area contributed by atoms with Gasteiger partial charge in [0.05, 0.1) is 12.1 Å². The zero-order valence-corrected chi connectivity index (χ0v) is 14.5. The van der Waals surface area contributed by atoms with E-state index in [-0.39, 0.29) is 25.0 Å². The van der Waals surface area contributed by atoms with Crippen molar-refractivity contribution >= 4 is 11.8 Å². The highest BCUT2D eigenvalue weighted by molar-refractivity contribution is 6.01. The zero-order valence-electron chi connectivity index (χ0n) is 14.5. The monoisotopic (exact) mass is 370 g/mol. The van der Waals surface area contributed by atoms with Gasteiger partial charge in [0.25, 0.3) is 0 Å². The number of amides is 2. The molecule has 4 atom stereocenters. The Morgan fingerprint density at radius 2 is 2.04 bits per heavy atom. The fourth-order valence-electron chi connectivity index (χ4n) is 3.48. The Morgan fingerprint density at radius 3 is 2.69 bits per heavy atom. The number of hydrogen-bond donors (Lipinski definition) is 2. The topological polar surface area (TPSA) is 67.4 Å². The highest BCUT2D eigenvalue weighted by atomic mass is 19.4. The van der Waals surface area contributed by atoms with Crippen LogP contribution in [-0.4, -0.2) is 30.1 Å². The maximum atomic E-state index is 12.7. The molecule has 0 spiro atoms. The molecule has 1 saturated heterocycles. The molecule has 0 saturated carbocycles. The van der Waals surface area contributed by atoms with Crippen molar-refractivity contribution in [2.45, 2.75) is 57.5 Å². The van der Waals surface area contributed by atoms with Gasteiger partial charge in [-0.3, -0.25) is 9.59 Å². The van der Waals surface area contributed by atoms with E-state index in [1.807, 2.05) is 37.4 Å². The van der Waals surface area contributed by atoms with Crippen LogP contribution in [-0.2, 0) is 9.59 Å². The van der Waals surface area contributed by atoms with E-state index < -0.39 is 30.0 Å². The van der Waals surface area contributed by atoms with E-state index in [0.29, 0.717) is 12.2 Å². The summed E-state index contributed by atoms with van der Waals surface area (Å²) in [5.74, 6) is -1.86. The Kier molecular flexibility index (Phi) is 4.86. The molecular weight excluding hydrogens is 349 g/mol. The van der Waals surface area contributed by atoms with Crippen LogP contribution >= 0.6 is 0 Å². The van der Waals surface area contributed by atoms with Crippen LogP contribution in [0.15, 0.2) is 18.2 Å². The van der Waals surface area contributed by atoms with Crippen molar-refractivity contribution < 1.29 is 27.5 Å². The summed E-state index contributed by atoms with van der Waals surface area (Å²) in [6.45, 7) is 3.80. The molecule has 0 aliphatic carbocycles. The fourth-order valence-corrected chi connectivity index (χ4v) is 3.48. The second-order valence-electron chi connectivity index (χ2n) is 7.00. The average Bonchev–Trinajstić information content (AvgIpc) is 2.54. The molecular formula is C18H21F3N2O3. The first-order valence-electron chi connectivity index (χ1n) is 8.60. The molecule has 2 aliphatic heterocycles. The van der Waals surface area contributed by atoms with E-state index in [0.717, 1.165) is 11.1 Å². The summed E-state index contributed by atoms with van der Waals surface area (Å²) in [4.78, 5) is 24.5. The maximum Gasteiger partial charge on any atom is 0.408 e. The molecule has 0 aromatic heterocycles. The molecule has 2 aliphatic rings. The van der Waals surface area contributed by atoms with Crippen LogP contribution in [0.25, 0.3) is 0 Å². The molecule has 1 aromatic rings. The summed E-state index contributed by atoms with van der Waals surface area (Å²) < 4.78 is 44.0. The minimum Gasteiger partial charge on any atom is -0.490 e. The molecule has 1 aromatic carbocycles. The van der Waals surface area contributed by atoms with Crippen LogP contribution in [0.3, 0.4) is 0 Å². The number of aryl methyl sites for hydroxylation is 1. The lowest BCUT2D eigenvalue weighted by molar-refractivity contribution is -0.171. The van der Waals surface area contributed by atoms with Crippen molar-refractivity contribution in [3.05, 3.63) is 29.3 Å². The highest BCUT2D eigenvalue weighted by Crippen LogP contribution is 2.36. The lowest BCUT2D eigenvalue weighted by Crippen LogP contribution is -2.54. The molecule has 2 N–H and O–H groups in total. The van der Waals surface area contributed by atoms with Crippen LogP contribution in [0.5, 0.6) is 5.75 Å². The minimum absolute atomic E-state index is 0.120. The number of carbonyl (C=O) groups is 2. The number of benzene rings is 1. The van der Waals surface area contributed by atoms with Gasteiger partial charge in [-0.15, -0.1) is 0 Å². The summed E-state index contributed by atoms with van der Waals surface area (Å²) in [5, 5.41) is 4.74. The number of fused-ring (bicyclic) bond motifs is 1. The highest BCUT2D eigenvalue weighted by Gasteiger charge is 2.46. The lowest BCUT2D eigenvalue weighted by atomic mass is 9.91. The third-order valence-electron chi connectivity index (χ3n) is 4.84. The molecule has 2 heterocycles. The van der Waals surface area contributed by atoms with E-state index in [1.54, 1.807) is 0 Å². The van der Waals surface area contributed by atoms with E-state index in [4.69, 9.17) is 4.74 Å².